The molecule has 0 radical (unpaired) electrons. The molecule has 0 aliphatic rings. The summed E-state index contributed by atoms with van der Waals surface area (Å²) < 4.78 is 0. The van der Waals surface area contributed by atoms with Crippen molar-refractivity contribution in [2.45, 2.75) is 50.7 Å². The van der Waals surface area contributed by atoms with Crippen LogP contribution in [0, 0.1) is 13.8 Å². The summed E-state index contributed by atoms with van der Waals surface area (Å²) in [4.78, 5) is 19.5. The van der Waals surface area contributed by atoms with E-state index < -0.39 is 11.5 Å². The molecule has 0 aliphatic carbocycles. The summed E-state index contributed by atoms with van der Waals surface area (Å²) in [5, 5.41) is 9.67. The summed E-state index contributed by atoms with van der Waals surface area (Å²) in [5.41, 5.74) is 6.47. The summed E-state index contributed by atoms with van der Waals surface area (Å²) >= 11 is 1.60. The van der Waals surface area contributed by atoms with E-state index in [1.165, 1.54) is 0 Å². The highest BCUT2D eigenvalue weighted by molar-refractivity contribution is 7.99. The van der Waals surface area contributed by atoms with Crippen LogP contribution in [0.1, 0.15) is 37.6 Å². The van der Waals surface area contributed by atoms with E-state index in [1.807, 2.05) is 19.9 Å². The molecule has 1 rings (SSSR count). The van der Waals surface area contributed by atoms with E-state index in [-0.39, 0.29) is 0 Å². The molecule has 5 nitrogen and oxygen atoms in total. The number of carboxylic acid groups (broad SMARTS) is 1. The van der Waals surface area contributed by atoms with Gasteiger partial charge in [0.1, 0.15) is 5.54 Å². The Bertz CT molecular complexity index is 429. The molecule has 0 saturated carbocycles. The van der Waals surface area contributed by atoms with Gasteiger partial charge in [0.2, 0.25) is 0 Å². The van der Waals surface area contributed by atoms with E-state index in [9.17, 15) is 4.79 Å². The second-order valence-electron chi connectivity index (χ2n) is 4.96. The molecule has 1 heterocycles. The maximum atomic E-state index is 10.8. The van der Waals surface area contributed by atoms with Crippen molar-refractivity contribution < 1.29 is 9.90 Å². The second kappa shape index (κ2) is 6.86. The van der Waals surface area contributed by atoms with Crippen molar-refractivity contribution in [3.05, 3.63) is 17.5 Å². The van der Waals surface area contributed by atoms with Crippen LogP contribution in [0.3, 0.4) is 0 Å². The fourth-order valence-electron chi connectivity index (χ4n) is 1.62. The number of nitrogens with zero attached hydrogens (tertiary/aromatic N) is 2. The molecule has 0 spiro atoms. The SMILES string of the molecule is Cc1cc(C)nc(SCCCCC(C)(N)C(=O)O)n1. The molecular weight excluding hydrogens is 262 g/mol. The van der Waals surface area contributed by atoms with Crippen molar-refractivity contribution in [1.29, 1.82) is 0 Å². The maximum Gasteiger partial charge on any atom is 0.323 e. The summed E-state index contributed by atoms with van der Waals surface area (Å²) in [6, 6.07) is 1.94. The van der Waals surface area contributed by atoms with Crippen molar-refractivity contribution in [3.63, 3.8) is 0 Å². The molecule has 1 atom stereocenters. The Balaban J connectivity index is 2.30. The molecule has 0 bridgehead atoms. The van der Waals surface area contributed by atoms with Gasteiger partial charge in [-0.1, -0.05) is 18.2 Å². The van der Waals surface area contributed by atoms with Crippen LogP contribution in [0.5, 0.6) is 0 Å². The summed E-state index contributed by atoms with van der Waals surface area (Å²) in [6.45, 7) is 5.45. The van der Waals surface area contributed by atoms with Crippen LogP contribution < -0.4 is 5.73 Å². The van der Waals surface area contributed by atoms with E-state index >= 15 is 0 Å². The van der Waals surface area contributed by atoms with Crippen molar-refractivity contribution in [1.82, 2.24) is 9.97 Å². The standard InChI is InChI=1S/C13H21N3O2S/c1-9-8-10(2)16-12(15-9)19-7-5-4-6-13(3,14)11(17)18/h8H,4-7,14H2,1-3H3,(H,17,18). The summed E-state index contributed by atoms with van der Waals surface area (Å²) in [6.07, 6.45) is 2.18. The number of nitrogens with two attached hydrogens (primary N) is 1. The zero-order valence-corrected chi connectivity index (χ0v) is 12.5. The fourth-order valence-corrected chi connectivity index (χ4v) is 2.57. The molecular formula is C13H21N3O2S. The summed E-state index contributed by atoms with van der Waals surface area (Å²) in [7, 11) is 0. The molecule has 6 heteroatoms. The number of unbranched alkanes of at least 4 members (excludes halogenated alkanes) is 1. The third-order valence-corrected chi connectivity index (χ3v) is 3.71. The first-order valence-electron chi connectivity index (χ1n) is 6.28. The highest BCUT2D eigenvalue weighted by atomic mass is 32.2. The van der Waals surface area contributed by atoms with Crippen LogP contribution in [-0.2, 0) is 4.79 Å². The second-order valence-corrected chi connectivity index (χ2v) is 6.02. The lowest BCUT2D eigenvalue weighted by atomic mass is 9.97. The van der Waals surface area contributed by atoms with Gasteiger partial charge in [-0.25, -0.2) is 9.97 Å². The highest BCUT2D eigenvalue weighted by Crippen LogP contribution is 2.18. The lowest BCUT2D eigenvalue weighted by molar-refractivity contribution is -0.142. The molecule has 0 aromatic carbocycles. The molecule has 1 aromatic heterocycles. The van der Waals surface area contributed by atoms with Crippen LogP contribution in [0.25, 0.3) is 0 Å². The number of aryl methyl sites for hydroxylation is 2. The highest BCUT2D eigenvalue weighted by Gasteiger charge is 2.26. The Kier molecular flexibility index (Phi) is 5.75. The predicted molar refractivity (Wildman–Crippen MR) is 76.3 cm³/mol. The van der Waals surface area contributed by atoms with Gasteiger partial charge in [0.05, 0.1) is 0 Å². The Hall–Kier alpha value is -1.14. The van der Waals surface area contributed by atoms with Gasteiger partial charge in [-0.15, -0.1) is 0 Å². The lowest BCUT2D eigenvalue weighted by Crippen LogP contribution is -2.44. The first-order chi connectivity index (χ1) is 8.81. The van der Waals surface area contributed by atoms with Gasteiger partial charge in [-0.3, -0.25) is 4.79 Å². The minimum Gasteiger partial charge on any atom is -0.480 e. The van der Waals surface area contributed by atoms with Crippen LogP contribution in [-0.4, -0.2) is 32.3 Å². The third kappa shape index (κ3) is 5.57. The first-order valence-corrected chi connectivity index (χ1v) is 7.27. The van der Waals surface area contributed by atoms with Crippen molar-refractivity contribution in [3.8, 4) is 0 Å². The van der Waals surface area contributed by atoms with Gasteiger partial charge >= 0.3 is 5.97 Å². The van der Waals surface area contributed by atoms with Crippen LogP contribution >= 0.6 is 11.8 Å². The zero-order valence-electron chi connectivity index (χ0n) is 11.6. The quantitative estimate of drug-likeness (QED) is 0.453. The van der Waals surface area contributed by atoms with Gasteiger partial charge in [0, 0.05) is 17.1 Å². The number of aromatic nitrogens is 2. The van der Waals surface area contributed by atoms with Gasteiger partial charge in [-0.2, -0.15) is 0 Å². The lowest BCUT2D eigenvalue weighted by Gasteiger charge is -2.18. The predicted octanol–water partition coefficient (Wildman–Crippen LogP) is 2.16. The Morgan fingerprint density at radius 2 is 1.95 bits per heavy atom. The zero-order chi connectivity index (χ0) is 14.5. The van der Waals surface area contributed by atoms with Gasteiger partial charge in [0.25, 0.3) is 0 Å². The van der Waals surface area contributed by atoms with Crippen LogP contribution in [0.15, 0.2) is 11.2 Å². The number of hydrogen-bond donors (Lipinski definition) is 2. The van der Waals surface area contributed by atoms with Gasteiger partial charge in [0.15, 0.2) is 5.16 Å². The van der Waals surface area contributed by atoms with Crippen molar-refractivity contribution >= 4 is 17.7 Å². The largest absolute Gasteiger partial charge is 0.480 e. The van der Waals surface area contributed by atoms with E-state index in [0.29, 0.717) is 6.42 Å². The van der Waals surface area contributed by atoms with Crippen LogP contribution in [0.2, 0.25) is 0 Å². The van der Waals surface area contributed by atoms with E-state index in [2.05, 4.69) is 9.97 Å². The minimum absolute atomic E-state index is 0.483. The van der Waals surface area contributed by atoms with Crippen molar-refractivity contribution in [2.75, 3.05) is 5.75 Å². The van der Waals surface area contributed by atoms with E-state index in [0.717, 1.165) is 35.1 Å². The third-order valence-electron chi connectivity index (χ3n) is 2.77. The van der Waals surface area contributed by atoms with Crippen molar-refractivity contribution in [2.24, 2.45) is 5.73 Å². The number of thioether (sulfide) groups is 1. The smallest absolute Gasteiger partial charge is 0.323 e. The average Bonchev–Trinajstić information content (AvgIpc) is 2.26. The molecule has 19 heavy (non-hydrogen) atoms. The minimum atomic E-state index is -1.12. The molecule has 0 amide bonds. The molecule has 0 aliphatic heterocycles. The molecule has 0 saturated heterocycles. The molecule has 1 unspecified atom stereocenters. The fraction of sp³-hybridized carbons (Fsp3) is 0.615. The van der Waals surface area contributed by atoms with Crippen LogP contribution in [0.4, 0.5) is 0 Å². The Morgan fingerprint density at radius 1 is 1.37 bits per heavy atom. The average molecular weight is 283 g/mol. The topological polar surface area (TPSA) is 89.1 Å². The normalized spacial score (nSPS) is 14.1. The number of hydrogen-bond acceptors (Lipinski definition) is 5. The Morgan fingerprint density at radius 3 is 2.47 bits per heavy atom. The maximum absolute atomic E-state index is 10.8. The number of rotatable bonds is 7. The molecule has 0 fully saturated rings. The molecule has 3 N–H and O–H groups in total. The summed E-state index contributed by atoms with van der Waals surface area (Å²) in [5.74, 6) is -0.0729. The number of carboxylic acids is 1. The van der Waals surface area contributed by atoms with Gasteiger partial charge < -0.3 is 10.8 Å². The van der Waals surface area contributed by atoms with E-state index in [4.69, 9.17) is 10.8 Å². The van der Waals surface area contributed by atoms with Gasteiger partial charge in [-0.05, 0) is 39.7 Å². The molecule has 106 valence electrons. The number of carbonyl (C=O) groups is 1. The number of aliphatic carboxylic acids is 1. The molecule has 1 aromatic rings. The first kappa shape index (κ1) is 15.9. The Labute approximate surface area is 118 Å². The monoisotopic (exact) mass is 283 g/mol. The van der Waals surface area contributed by atoms with E-state index in [1.54, 1.807) is 18.7 Å².